The van der Waals surface area contributed by atoms with E-state index in [0.29, 0.717) is 25.7 Å². The minimum atomic E-state index is -0.532. The van der Waals surface area contributed by atoms with E-state index in [2.05, 4.69) is 35.1 Å². The van der Waals surface area contributed by atoms with Crippen molar-refractivity contribution in [2.75, 3.05) is 19.8 Å². The maximum Gasteiger partial charge on any atom is 0.284 e. The summed E-state index contributed by atoms with van der Waals surface area (Å²) >= 11 is 3.10. The third-order valence-corrected chi connectivity index (χ3v) is 3.62. The molecule has 0 heterocycles. The molecule has 0 aromatic heterocycles. The summed E-state index contributed by atoms with van der Waals surface area (Å²) in [4.78, 5) is 22.2. The van der Waals surface area contributed by atoms with Crippen LogP contribution in [0.15, 0.2) is 22.7 Å². The molecule has 21 heavy (non-hydrogen) atoms. The summed E-state index contributed by atoms with van der Waals surface area (Å²) < 4.78 is 5.58. The van der Waals surface area contributed by atoms with Crippen molar-refractivity contribution in [1.29, 1.82) is 0 Å². The van der Waals surface area contributed by atoms with Gasteiger partial charge in [-0.05, 0) is 34.3 Å². The molecule has 0 atom stereocenters. The Bertz CT molecular complexity index is 506. The van der Waals surface area contributed by atoms with E-state index >= 15 is 0 Å². The number of nitro benzene ring substituents is 1. The molecule has 116 valence electrons. The molecular formula is C14H19BrN2O4. The molecule has 1 N–H and O–H groups in total. The van der Waals surface area contributed by atoms with Gasteiger partial charge in [-0.15, -0.1) is 0 Å². The molecule has 1 aromatic rings. The highest BCUT2D eigenvalue weighted by Gasteiger charge is 2.18. The first-order valence-corrected chi connectivity index (χ1v) is 7.51. The number of carbonyl (C=O) groups is 1. The molecule has 1 amide bonds. The van der Waals surface area contributed by atoms with Crippen molar-refractivity contribution < 1.29 is 14.5 Å². The van der Waals surface area contributed by atoms with E-state index in [0.717, 1.165) is 6.42 Å². The predicted molar refractivity (Wildman–Crippen MR) is 83.4 cm³/mol. The highest BCUT2D eigenvalue weighted by molar-refractivity contribution is 9.10. The molecule has 0 bridgehead atoms. The molecule has 0 saturated carbocycles. The van der Waals surface area contributed by atoms with Gasteiger partial charge in [-0.1, -0.05) is 19.9 Å². The fraction of sp³-hybridized carbons (Fsp3) is 0.500. The van der Waals surface area contributed by atoms with E-state index in [1.165, 1.54) is 18.2 Å². The van der Waals surface area contributed by atoms with Crippen molar-refractivity contribution in [3.05, 3.63) is 38.3 Å². The van der Waals surface area contributed by atoms with Gasteiger partial charge in [-0.2, -0.15) is 0 Å². The molecule has 1 rings (SSSR count). The molecule has 0 fully saturated rings. The van der Waals surface area contributed by atoms with Crippen LogP contribution in [-0.4, -0.2) is 30.6 Å². The Morgan fingerprint density at radius 1 is 1.43 bits per heavy atom. The number of hydrogen-bond donors (Lipinski definition) is 1. The normalized spacial score (nSPS) is 10.7. The number of carbonyl (C=O) groups excluding carboxylic acids is 1. The Morgan fingerprint density at radius 3 is 2.76 bits per heavy atom. The maximum atomic E-state index is 12.0. The van der Waals surface area contributed by atoms with Crippen LogP contribution in [0.3, 0.4) is 0 Å². The zero-order valence-corrected chi connectivity index (χ0v) is 13.7. The van der Waals surface area contributed by atoms with Gasteiger partial charge in [0.1, 0.15) is 4.47 Å². The SMILES string of the molecule is CC(C)CCOCCNC(=O)c1cccc([N+](=O)[O-])c1Br. The maximum absolute atomic E-state index is 12.0. The molecule has 0 aliphatic carbocycles. The Hall–Kier alpha value is -1.47. The lowest BCUT2D eigenvalue weighted by molar-refractivity contribution is -0.385. The summed E-state index contributed by atoms with van der Waals surface area (Å²) in [6.07, 6.45) is 0.977. The quantitative estimate of drug-likeness (QED) is 0.439. The number of nitrogens with one attached hydrogen (secondary N) is 1. The first kappa shape index (κ1) is 17.6. The van der Waals surface area contributed by atoms with Gasteiger partial charge in [-0.25, -0.2) is 0 Å². The molecule has 0 spiro atoms. The van der Waals surface area contributed by atoms with Crippen LogP contribution in [0.4, 0.5) is 5.69 Å². The first-order valence-electron chi connectivity index (χ1n) is 6.72. The van der Waals surface area contributed by atoms with Gasteiger partial charge in [0.05, 0.1) is 17.1 Å². The second-order valence-corrected chi connectivity index (χ2v) is 5.74. The zero-order valence-electron chi connectivity index (χ0n) is 12.1. The van der Waals surface area contributed by atoms with Crippen LogP contribution >= 0.6 is 15.9 Å². The van der Waals surface area contributed by atoms with Gasteiger partial charge in [0, 0.05) is 19.2 Å². The van der Waals surface area contributed by atoms with Crippen LogP contribution in [-0.2, 0) is 4.74 Å². The number of halogens is 1. The van der Waals surface area contributed by atoms with Gasteiger partial charge in [0.2, 0.25) is 0 Å². The van der Waals surface area contributed by atoms with E-state index in [1.807, 2.05) is 0 Å². The van der Waals surface area contributed by atoms with Crippen molar-refractivity contribution in [1.82, 2.24) is 5.32 Å². The molecular weight excluding hydrogens is 340 g/mol. The molecule has 0 aliphatic heterocycles. The van der Waals surface area contributed by atoms with E-state index < -0.39 is 4.92 Å². The van der Waals surface area contributed by atoms with Gasteiger partial charge >= 0.3 is 0 Å². The van der Waals surface area contributed by atoms with E-state index in [-0.39, 0.29) is 21.6 Å². The Balaban J connectivity index is 2.46. The standard InChI is InChI=1S/C14H19BrN2O4/c1-10(2)6-8-21-9-7-16-14(18)11-4-3-5-12(13(11)15)17(19)20/h3-5,10H,6-9H2,1-2H3,(H,16,18). The fourth-order valence-electron chi connectivity index (χ4n) is 1.59. The lowest BCUT2D eigenvalue weighted by Crippen LogP contribution is -2.27. The summed E-state index contributed by atoms with van der Waals surface area (Å²) in [5.74, 6) is 0.221. The number of benzene rings is 1. The summed E-state index contributed by atoms with van der Waals surface area (Å²) in [6.45, 7) is 5.68. The molecule has 0 radical (unpaired) electrons. The second kappa shape index (κ2) is 8.74. The number of rotatable bonds is 8. The number of ether oxygens (including phenoxy) is 1. The van der Waals surface area contributed by atoms with Crippen LogP contribution in [0.5, 0.6) is 0 Å². The third kappa shape index (κ3) is 5.81. The highest BCUT2D eigenvalue weighted by Crippen LogP contribution is 2.28. The zero-order chi connectivity index (χ0) is 15.8. The Labute approximate surface area is 132 Å². The van der Waals surface area contributed by atoms with Crippen molar-refractivity contribution >= 4 is 27.5 Å². The van der Waals surface area contributed by atoms with Crippen molar-refractivity contribution in [3.63, 3.8) is 0 Å². The van der Waals surface area contributed by atoms with Crippen LogP contribution in [0, 0.1) is 16.0 Å². The monoisotopic (exact) mass is 358 g/mol. The van der Waals surface area contributed by atoms with E-state index in [9.17, 15) is 14.9 Å². The van der Waals surface area contributed by atoms with Gasteiger partial charge in [0.25, 0.3) is 11.6 Å². The number of hydrogen-bond acceptors (Lipinski definition) is 4. The van der Waals surface area contributed by atoms with Gasteiger partial charge in [-0.3, -0.25) is 14.9 Å². The predicted octanol–water partition coefficient (Wildman–Crippen LogP) is 3.15. The molecule has 6 nitrogen and oxygen atoms in total. The summed E-state index contributed by atoms with van der Waals surface area (Å²) in [5.41, 5.74) is 0.113. The van der Waals surface area contributed by atoms with Crippen LogP contribution in [0.25, 0.3) is 0 Å². The average Bonchev–Trinajstić information content (AvgIpc) is 2.42. The van der Waals surface area contributed by atoms with Crippen LogP contribution in [0.2, 0.25) is 0 Å². The Kier molecular flexibility index (Phi) is 7.31. The minimum absolute atomic E-state index is 0.129. The third-order valence-electron chi connectivity index (χ3n) is 2.79. The van der Waals surface area contributed by atoms with Gasteiger partial charge in [0.15, 0.2) is 0 Å². The van der Waals surface area contributed by atoms with E-state index in [4.69, 9.17) is 4.74 Å². The number of amides is 1. The van der Waals surface area contributed by atoms with E-state index in [1.54, 1.807) is 0 Å². The lowest BCUT2D eigenvalue weighted by Gasteiger charge is -2.08. The van der Waals surface area contributed by atoms with Crippen LogP contribution < -0.4 is 5.32 Å². The van der Waals surface area contributed by atoms with Crippen molar-refractivity contribution in [3.8, 4) is 0 Å². The topological polar surface area (TPSA) is 81.5 Å². The molecule has 0 aliphatic rings. The summed E-state index contributed by atoms with van der Waals surface area (Å²) in [7, 11) is 0. The van der Waals surface area contributed by atoms with Gasteiger partial charge < -0.3 is 10.1 Å². The largest absolute Gasteiger partial charge is 0.380 e. The first-order chi connectivity index (χ1) is 9.93. The molecule has 0 unspecified atom stereocenters. The van der Waals surface area contributed by atoms with Crippen molar-refractivity contribution in [2.45, 2.75) is 20.3 Å². The fourth-order valence-corrected chi connectivity index (χ4v) is 2.18. The molecule has 0 saturated heterocycles. The molecule has 7 heteroatoms. The van der Waals surface area contributed by atoms with Crippen molar-refractivity contribution in [2.24, 2.45) is 5.92 Å². The number of nitro groups is 1. The molecule has 1 aromatic carbocycles. The average molecular weight is 359 g/mol. The number of nitrogens with zero attached hydrogens (tertiary/aromatic N) is 1. The van der Waals surface area contributed by atoms with Crippen LogP contribution in [0.1, 0.15) is 30.6 Å². The minimum Gasteiger partial charge on any atom is -0.380 e. The summed E-state index contributed by atoms with van der Waals surface area (Å²) in [6, 6.07) is 4.36. The summed E-state index contributed by atoms with van der Waals surface area (Å²) in [5, 5.41) is 13.5. The smallest absolute Gasteiger partial charge is 0.284 e. The second-order valence-electron chi connectivity index (χ2n) is 4.95. The Morgan fingerprint density at radius 2 is 2.14 bits per heavy atom. The highest BCUT2D eigenvalue weighted by atomic mass is 79.9. The lowest BCUT2D eigenvalue weighted by atomic mass is 10.1.